The second-order valence-electron chi connectivity index (χ2n) is 6.52. The molecular formula is C20H19F2NO4. The van der Waals surface area contributed by atoms with Crippen LogP contribution in [0.3, 0.4) is 0 Å². The van der Waals surface area contributed by atoms with Gasteiger partial charge in [0.05, 0.1) is 13.0 Å². The summed E-state index contributed by atoms with van der Waals surface area (Å²) >= 11 is 0. The third-order valence-electron chi connectivity index (χ3n) is 4.84. The highest BCUT2D eigenvalue weighted by Crippen LogP contribution is 2.38. The highest BCUT2D eigenvalue weighted by molar-refractivity contribution is 5.82. The van der Waals surface area contributed by atoms with Crippen molar-refractivity contribution < 1.29 is 28.2 Å². The molecule has 142 valence electrons. The number of carbonyl (C=O) groups is 2. The fourth-order valence-electron chi connectivity index (χ4n) is 3.47. The second kappa shape index (κ2) is 7.73. The molecule has 1 aliphatic heterocycles. The van der Waals surface area contributed by atoms with Gasteiger partial charge in [-0.25, -0.2) is 8.78 Å². The standard InChI is InChI=1S/C20H19F2NO4/c1-27-13-7-16(21)19(17(22)8-13)14-9-18(24)23(11-15(14)20(25)26)10-12-5-3-2-4-6-12/h2-8,14-15H,9-11H2,1H3,(H,25,26)/t14-,15-/m1/s1. The molecule has 0 aliphatic carbocycles. The van der Waals surface area contributed by atoms with E-state index in [0.717, 1.165) is 17.7 Å². The lowest BCUT2D eigenvalue weighted by atomic mass is 9.79. The second-order valence-corrected chi connectivity index (χ2v) is 6.52. The van der Waals surface area contributed by atoms with E-state index in [0.29, 0.717) is 0 Å². The Balaban J connectivity index is 1.90. The number of hydrogen-bond acceptors (Lipinski definition) is 3. The molecule has 0 spiro atoms. The zero-order chi connectivity index (χ0) is 19.6. The third kappa shape index (κ3) is 3.92. The molecule has 2 aromatic carbocycles. The molecule has 0 aromatic heterocycles. The molecule has 1 heterocycles. The fourth-order valence-corrected chi connectivity index (χ4v) is 3.47. The normalized spacial score (nSPS) is 19.8. The van der Waals surface area contributed by atoms with Gasteiger partial charge < -0.3 is 14.7 Å². The van der Waals surface area contributed by atoms with Crippen molar-refractivity contribution in [3.8, 4) is 5.75 Å². The molecule has 27 heavy (non-hydrogen) atoms. The number of aliphatic carboxylic acids is 1. The molecule has 1 amide bonds. The Morgan fingerprint density at radius 1 is 1.22 bits per heavy atom. The predicted octanol–water partition coefficient (Wildman–Crippen LogP) is 3.19. The highest BCUT2D eigenvalue weighted by Gasteiger charge is 2.41. The van der Waals surface area contributed by atoms with E-state index < -0.39 is 29.4 Å². The molecule has 0 saturated carbocycles. The summed E-state index contributed by atoms with van der Waals surface area (Å²) in [5.74, 6) is -5.54. The Kier molecular flexibility index (Phi) is 5.39. The van der Waals surface area contributed by atoms with Crippen LogP contribution in [0.15, 0.2) is 42.5 Å². The number of halogens is 2. The van der Waals surface area contributed by atoms with Crippen LogP contribution in [0.4, 0.5) is 8.78 Å². The van der Waals surface area contributed by atoms with Crippen LogP contribution in [-0.4, -0.2) is 35.5 Å². The van der Waals surface area contributed by atoms with E-state index in [1.807, 2.05) is 30.3 Å². The number of carboxylic acid groups (broad SMARTS) is 1. The van der Waals surface area contributed by atoms with Crippen LogP contribution >= 0.6 is 0 Å². The third-order valence-corrected chi connectivity index (χ3v) is 4.84. The van der Waals surface area contributed by atoms with Crippen LogP contribution in [0.1, 0.15) is 23.5 Å². The Morgan fingerprint density at radius 2 is 1.85 bits per heavy atom. The number of nitrogens with zero attached hydrogens (tertiary/aromatic N) is 1. The zero-order valence-corrected chi connectivity index (χ0v) is 14.7. The smallest absolute Gasteiger partial charge is 0.308 e. The van der Waals surface area contributed by atoms with Crippen LogP contribution in [0.2, 0.25) is 0 Å². The van der Waals surface area contributed by atoms with Crippen LogP contribution in [0.5, 0.6) is 5.75 Å². The SMILES string of the molecule is COc1cc(F)c([C@@H]2CC(=O)N(Cc3ccccc3)C[C@H]2C(=O)O)c(F)c1. The monoisotopic (exact) mass is 375 g/mol. The molecule has 5 nitrogen and oxygen atoms in total. The molecule has 7 heteroatoms. The molecule has 1 N–H and O–H groups in total. The number of ether oxygens (including phenoxy) is 1. The van der Waals surface area contributed by atoms with Crippen LogP contribution < -0.4 is 4.74 Å². The Labute approximate surface area is 155 Å². The highest BCUT2D eigenvalue weighted by atomic mass is 19.1. The Bertz CT molecular complexity index is 833. The number of methoxy groups -OCH3 is 1. The van der Waals surface area contributed by atoms with E-state index in [4.69, 9.17) is 4.74 Å². The van der Waals surface area contributed by atoms with E-state index >= 15 is 0 Å². The summed E-state index contributed by atoms with van der Waals surface area (Å²) in [6.07, 6.45) is -0.274. The minimum atomic E-state index is -1.19. The molecule has 0 bridgehead atoms. The van der Waals surface area contributed by atoms with Crippen molar-refractivity contribution in [1.29, 1.82) is 0 Å². The first kappa shape index (κ1) is 18.8. The number of carbonyl (C=O) groups excluding carboxylic acids is 1. The minimum absolute atomic E-state index is 0.00605. The van der Waals surface area contributed by atoms with Gasteiger partial charge in [0.1, 0.15) is 17.4 Å². The lowest BCUT2D eigenvalue weighted by molar-refractivity contribution is -0.149. The van der Waals surface area contributed by atoms with Gasteiger partial charge in [-0.3, -0.25) is 9.59 Å². The average Bonchev–Trinajstić information content (AvgIpc) is 2.63. The number of rotatable bonds is 5. The maximum Gasteiger partial charge on any atom is 0.308 e. The van der Waals surface area contributed by atoms with Gasteiger partial charge in [-0.05, 0) is 5.56 Å². The molecule has 1 saturated heterocycles. The number of amides is 1. The molecule has 3 rings (SSSR count). The van der Waals surface area contributed by atoms with E-state index in [1.54, 1.807) is 0 Å². The number of benzene rings is 2. The summed E-state index contributed by atoms with van der Waals surface area (Å²) in [5.41, 5.74) is 0.478. The Morgan fingerprint density at radius 3 is 2.41 bits per heavy atom. The van der Waals surface area contributed by atoms with Crippen molar-refractivity contribution in [3.63, 3.8) is 0 Å². The van der Waals surface area contributed by atoms with Crippen LogP contribution in [0, 0.1) is 17.6 Å². The molecule has 2 aromatic rings. The van der Waals surface area contributed by atoms with Gasteiger partial charge in [-0.1, -0.05) is 30.3 Å². The van der Waals surface area contributed by atoms with Crippen molar-refractivity contribution >= 4 is 11.9 Å². The number of likely N-dealkylation sites (tertiary alicyclic amines) is 1. The first-order chi connectivity index (χ1) is 12.9. The summed E-state index contributed by atoms with van der Waals surface area (Å²) in [6.45, 7) is 0.141. The van der Waals surface area contributed by atoms with Gasteiger partial charge in [-0.2, -0.15) is 0 Å². The van der Waals surface area contributed by atoms with Gasteiger partial charge in [0, 0.05) is 43.1 Å². The van der Waals surface area contributed by atoms with E-state index in [1.165, 1.54) is 12.0 Å². The van der Waals surface area contributed by atoms with Gasteiger partial charge in [0.15, 0.2) is 0 Å². The van der Waals surface area contributed by atoms with Crippen molar-refractivity contribution in [2.75, 3.05) is 13.7 Å². The molecule has 1 fully saturated rings. The first-order valence-corrected chi connectivity index (χ1v) is 8.48. The first-order valence-electron chi connectivity index (χ1n) is 8.48. The molecule has 1 aliphatic rings. The Hall–Kier alpha value is -2.96. The lowest BCUT2D eigenvalue weighted by Gasteiger charge is -2.36. The molecule has 0 unspecified atom stereocenters. The summed E-state index contributed by atoms with van der Waals surface area (Å²) in [6, 6.07) is 11.1. The average molecular weight is 375 g/mol. The van der Waals surface area contributed by atoms with Gasteiger partial charge in [0.25, 0.3) is 0 Å². The largest absolute Gasteiger partial charge is 0.497 e. The number of piperidine rings is 1. The van der Waals surface area contributed by atoms with Gasteiger partial charge in [0.2, 0.25) is 5.91 Å². The van der Waals surface area contributed by atoms with Crippen LogP contribution in [-0.2, 0) is 16.1 Å². The summed E-state index contributed by atoms with van der Waals surface area (Å²) < 4.78 is 33.7. The summed E-state index contributed by atoms with van der Waals surface area (Å²) in [4.78, 5) is 25.8. The lowest BCUT2D eigenvalue weighted by Crippen LogP contribution is -2.46. The zero-order valence-electron chi connectivity index (χ0n) is 14.7. The van der Waals surface area contributed by atoms with Crippen LogP contribution in [0.25, 0.3) is 0 Å². The summed E-state index contributed by atoms with van der Waals surface area (Å²) in [7, 11) is 1.28. The molecular weight excluding hydrogens is 356 g/mol. The fraction of sp³-hybridized carbons (Fsp3) is 0.300. The number of carboxylic acids is 1. The summed E-state index contributed by atoms with van der Waals surface area (Å²) in [5, 5.41) is 9.62. The quantitative estimate of drug-likeness (QED) is 0.872. The maximum absolute atomic E-state index is 14.5. The van der Waals surface area contributed by atoms with E-state index in [-0.39, 0.29) is 36.7 Å². The minimum Gasteiger partial charge on any atom is -0.497 e. The topological polar surface area (TPSA) is 66.8 Å². The van der Waals surface area contributed by atoms with E-state index in [2.05, 4.69) is 0 Å². The molecule has 2 atom stereocenters. The van der Waals surface area contributed by atoms with Gasteiger partial charge in [-0.15, -0.1) is 0 Å². The van der Waals surface area contributed by atoms with Crippen molar-refractivity contribution in [1.82, 2.24) is 4.90 Å². The van der Waals surface area contributed by atoms with Crippen molar-refractivity contribution in [3.05, 3.63) is 65.2 Å². The maximum atomic E-state index is 14.5. The number of hydrogen-bond donors (Lipinski definition) is 1. The van der Waals surface area contributed by atoms with Gasteiger partial charge >= 0.3 is 5.97 Å². The van der Waals surface area contributed by atoms with Crippen molar-refractivity contribution in [2.24, 2.45) is 5.92 Å². The van der Waals surface area contributed by atoms with E-state index in [9.17, 15) is 23.5 Å². The predicted molar refractivity (Wildman–Crippen MR) is 93.3 cm³/mol. The van der Waals surface area contributed by atoms with Crippen molar-refractivity contribution in [2.45, 2.75) is 18.9 Å². The molecule has 0 radical (unpaired) electrons.